The molecule has 1 fully saturated rings. The summed E-state index contributed by atoms with van der Waals surface area (Å²) in [6.45, 7) is 2.11. The second-order valence-electron chi connectivity index (χ2n) is 7.20. The minimum Gasteiger partial charge on any atom is -0.469 e. The maximum absolute atomic E-state index is 12.1. The number of carbonyl (C=O) groups excluding carboxylic acids is 2. The molecule has 148 valence electrons. The maximum atomic E-state index is 12.1. The fraction of sp³-hybridized carbons (Fsp3) is 0.810. The van der Waals surface area contributed by atoms with Crippen LogP contribution in [0.4, 0.5) is 0 Å². The van der Waals surface area contributed by atoms with E-state index in [2.05, 4.69) is 23.5 Å². The molecule has 5 nitrogen and oxygen atoms in total. The van der Waals surface area contributed by atoms with Crippen molar-refractivity contribution < 1.29 is 24.5 Å². The molecule has 1 saturated carbocycles. The van der Waals surface area contributed by atoms with Crippen LogP contribution in [0.15, 0.2) is 0 Å². The lowest BCUT2D eigenvalue weighted by Gasteiger charge is -2.15. The van der Waals surface area contributed by atoms with Crippen molar-refractivity contribution in [2.75, 3.05) is 7.11 Å². The average molecular weight is 366 g/mol. The van der Waals surface area contributed by atoms with E-state index in [0.29, 0.717) is 19.3 Å². The molecular formula is C21H34O5. The van der Waals surface area contributed by atoms with E-state index in [0.717, 1.165) is 44.9 Å². The third-order valence-electron chi connectivity index (χ3n) is 5.04. The monoisotopic (exact) mass is 366 g/mol. The van der Waals surface area contributed by atoms with E-state index in [1.54, 1.807) is 0 Å². The third kappa shape index (κ3) is 8.33. The minimum atomic E-state index is -0.720. The quantitative estimate of drug-likeness (QED) is 0.334. The van der Waals surface area contributed by atoms with Gasteiger partial charge < -0.3 is 14.9 Å². The number of aliphatic hydroxyl groups is 2. The number of Topliss-reactive ketones (excluding diaryl/α,β-unsaturated/α-hetero) is 1. The van der Waals surface area contributed by atoms with Crippen LogP contribution in [0.1, 0.15) is 77.6 Å². The van der Waals surface area contributed by atoms with Crippen LogP contribution in [0.3, 0.4) is 0 Å². The van der Waals surface area contributed by atoms with Crippen LogP contribution in [0.2, 0.25) is 0 Å². The normalized spacial score (nSPS) is 23.4. The lowest BCUT2D eigenvalue weighted by molar-refractivity contribution is -0.140. The summed E-state index contributed by atoms with van der Waals surface area (Å²) in [6, 6.07) is 0. The summed E-state index contributed by atoms with van der Waals surface area (Å²) in [5.74, 6) is 5.11. The van der Waals surface area contributed by atoms with Crippen LogP contribution < -0.4 is 0 Å². The van der Waals surface area contributed by atoms with E-state index >= 15 is 0 Å². The first-order chi connectivity index (χ1) is 12.5. The summed E-state index contributed by atoms with van der Waals surface area (Å²) in [6.07, 6.45) is 7.18. The highest BCUT2D eigenvalue weighted by Crippen LogP contribution is 2.33. The Hall–Kier alpha value is -1.38. The summed E-state index contributed by atoms with van der Waals surface area (Å²) in [5, 5.41) is 20.1. The Balaban J connectivity index is 2.40. The molecule has 0 heterocycles. The van der Waals surface area contributed by atoms with Crippen molar-refractivity contribution in [3.63, 3.8) is 0 Å². The van der Waals surface area contributed by atoms with Crippen molar-refractivity contribution in [1.29, 1.82) is 0 Å². The summed E-state index contributed by atoms with van der Waals surface area (Å²) in [4.78, 5) is 23.2. The number of ketones is 1. The standard InChI is InChI=1S/C21H34O5/c1-3-4-7-10-16(22)13-14-18-17(19(23)15-20(18)24)11-8-5-6-9-12-21(25)26-2/h16-18,20,22,24H,3-12,15H2,1-2H3/t16-,17-,18-,20-/m1/s1. The number of esters is 1. The van der Waals surface area contributed by atoms with E-state index in [1.165, 1.54) is 7.11 Å². The summed E-state index contributed by atoms with van der Waals surface area (Å²) < 4.78 is 4.61. The lowest BCUT2D eigenvalue weighted by Crippen LogP contribution is -2.19. The van der Waals surface area contributed by atoms with E-state index in [-0.39, 0.29) is 30.0 Å². The van der Waals surface area contributed by atoms with Gasteiger partial charge in [0.05, 0.1) is 19.1 Å². The van der Waals surface area contributed by atoms with Gasteiger partial charge in [0.15, 0.2) is 0 Å². The molecule has 0 aromatic rings. The van der Waals surface area contributed by atoms with Crippen LogP contribution in [-0.4, -0.2) is 41.3 Å². The number of hydrogen-bond donors (Lipinski definition) is 2. The molecule has 26 heavy (non-hydrogen) atoms. The van der Waals surface area contributed by atoms with Crippen molar-refractivity contribution in [2.45, 2.75) is 89.8 Å². The molecule has 2 N–H and O–H groups in total. The fourth-order valence-electron chi connectivity index (χ4n) is 3.43. The first kappa shape index (κ1) is 22.7. The predicted molar refractivity (Wildman–Crippen MR) is 100 cm³/mol. The largest absolute Gasteiger partial charge is 0.469 e. The molecule has 1 aliphatic rings. The smallest absolute Gasteiger partial charge is 0.305 e. The Morgan fingerprint density at radius 3 is 2.65 bits per heavy atom. The van der Waals surface area contributed by atoms with E-state index in [9.17, 15) is 19.8 Å². The van der Waals surface area contributed by atoms with Gasteiger partial charge in [0.1, 0.15) is 11.9 Å². The van der Waals surface area contributed by atoms with Gasteiger partial charge in [-0.3, -0.25) is 9.59 Å². The first-order valence-electron chi connectivity index (χ1n) is 9.96. The zero-order chi connectivity index (χ0) is 19.4. The Labute approximate surface area is 157 Å². The second kappa shape index (κ2) is 12.9. The Bertz CT molecular complexity index is 490. The van der Waals surface area contributed by atoms with Gasteiger partial charge in [-0.1, -0.05) is 50.9 Å². The second-order valence-corrected chi connectivity index (χ2v) is 7.20. The van der Waals surface area contributed by atoms with Crippen LogP contribution in [0.5, 0.6) is 0 Å². The maximum Gasteiger partial charge on any atom is 0.305 e. The molecule has 0 spiro atoms. The van der Waals surface area contributed by atoms with Crippen molar-refractivity contribution in [2.24, 2.45) is 11.8 Å². The Kier molecular flexibility index (Phi) is 11.2. The molecule has 0 aromatic carbocycles. The highest BCUT2D eigenvalue weighted by atomic mass is 16.5. The van der Waals surface area contributed by atoms with Crippen LogP contribution in [0, 0.1) is 23.7 Å². The van der Waals surface area contributed by atoms with Gasteiger partial charge in [0.25, 0.3) is 0 Å². The fourth-order valence-corrected chi connectivity index (χ4v) is 3.43. The van der Waals surface area contributed by atoms with Crippen LogP contribution >= 0.6 is 0 Å². The SMILES string of the molecule is CCCCC[C@@H](O)C#C[C@H]1[C@H](O)CC(=O)[C@@H]1CCCCCCC(=O)OC. The lowest BCUT2D eigenvalue weighted by atomic mass is 9.89. The third-order valence-corrected chi connectivity index (χ3v) is 5.04. The molecule has 1 rings (SSSR count). The predicted octanol–water partition coefficient (Wildman–Crippen LogP) is 3.01. The summed E-state index contributed by atoms with van der Waals surface area (Å²) >= 11 is 0. The van der Waals surface area contributed by atoms with Crippen LogP contribution in [0.25, 0.3) is 0 Å². The van der Waals surface area contributed by atoms with Crippen molar-refractivity contribution in [3.05, 3.63) is 0 Å². The summed E-state index contributed by atoms with van der Waals surface area (Å²) in [7, 11) is 1.39. The van der Waals surface area contributed by atoms with E-state index < -0.39 is 12.2 Å². The van der Waals surface area contributed by atoms with E-state index in [4.69, 9.17) is 0 Å². The number of methoxy groups -OCH3 is 1. The average Bonchev–Trinajstić information content (AvgIpc) is 2.89. The van der Waals surface area contributed by atoms with Crippen molar-refractivity contribution in [1.82, 2.24) is 0 Å². The number of aliphatic hydroxyl groups excluding tert-OH is 2. The number of ether oxygens (including phenoxy) is 1. The van der Waals surface area contributed by atoms with Gasteiger partial charge >= 0.3 is 5.97 Å². The molecule has 0 aromatic heterocycles. The number of rotatable bonds is 11. The van der Waals surface area contributed by atoms with Crippen molar-refractivity contribution in [3.8, 4) is 11.8 Å². The highest BCUT2D eigenvalue weighted by molar-refractivity contribution is 5.84. The Morgan fingerprint density at radius 1 is 1.23 bits per heavy atom. The van der Waals surface area contributed by atoms with Gasteiger partial charge in [0, 0.05) is 18.8 Å². The van der Waals surface area contributed by atoms with E-state index in [1.807, 2.05) is 0 Å². The van der Waals surface area contributed by atoms with Gasteiger partial charge in [-0.15, -0.1) is 0 Å². The molecule has 4 atom stereocenters. The summed E-state index contributed by atoms with van der Waals surface area (Å²) in [5.41, 5.74) is 0. The van der Waals surface area contributed by atoms with Gasteiger partial charge in [0.2, 0.25) is 0 Å². The van der Waals surface area contributed by atoms with Crippen LogP contribution in [-0.2, 0) is 14.3 Å². The van der Waals surface area contributed by atoms with Crippen molar-refractivity contribution >= 4 is 11.8 Å². The number of carbonyl (C=O) groups is 2. The zero-order valence-electron chi connectivity index (χ0n) is 16.2. The molecule has 0 radical (unpaired) electrons. The van der Waals surface area contributed by atoms with Gasteiger partial charge in [-0.05, 0) is 25.7 Å². The zero-order valence-corrected chi connectivity index (χ0v) is 16.2. The van der Waals surface area contributed by atoms with Gasteiger partial charge in [-0.25, -0.2) is 0 Å². The molecule has 0 saturated heterocycles. The Morgan fingerprint density at radius 2 is 1.96 bits per heavy atom. The number of hydrogen-bond acceptors (Lipinski definition) is 5. The number of unbranched alkanes of at least 4 members (excludes halogenated alkanes) is 5. The molecule has 0 unspecified atom stereocenters. The molecular weight excluding hydrogens is 332 g/mol. The topological polar surface area (TPSA) is 83.8 Å². The molecule has 0 aliphatic heterocycles. The highest BCUT2D eigenvalue weighted by Gasteiger charge is 2.40. The first-order valence-corrected chi connectivity index (χ1v) is 9.96. The molecule has 0 bridgehead atoms. The molecule has 5 heteroatoms. The van der Waals surface area contributed by atoms with Gasteiger partial charge in [-0.2, -0.15) is 0 Å². The minimum absolute atomic E-state index is 0.0758. The molecule has 0 amide bonds. The molecule has 1 aliphatic carbocycles.